The largest absolute Gasteiger partial charge is 0.454 e. The van der Waals surface area contributed by atoms with E-state index in [4.69, 9.17) is 14.2 Å². The van der Waals surface area contributed by atoms with Gasteiger partial charge in [0.05, 0.1) is 25.4 Å². The van der Waals surface area contributed by atoms with Gasteiger partial charge in [-0.15, -0.1) is 0 Å². The maximum absolute atomic E-state index is 13.5. The minimum Gasteiger partial charge on any atom is -0.454 e. The number of aliphatic hydroxyl groups excluding tert-OH is 5. The van der Waals surface area contributed by atoms with Crippen LogP contribution < -0.4 is 5.32 Å². The third kappa shape index (κ3) is 49.5. The Kier molecular flexibility index (Phi) is 58.0. The van der Waals surface area contributed by atoms with Crippen LogP contribution in [0, 0.1) is 0 Å². The van der Waals surface area contributed by atoms with E-state index in [1.165, 1.54) is 83.5 Å². The van der Waals surface area contributed by atoms with Gasteiger partial charge in [0.2, 0.25) is 5.91 Å². The van der Waals surface area contributed by atoms with Crippen molar-refractivity contribution in [2.45, 2.75) is 333 Å². The molecule has 1 fully saturated rings. The Hall–Kier alpha value is -3.94. The lowest BCUT2D eigenvalue weighted by atomic mass is 9.99. The molecule has 0 saturated carbocycles. The van der Waals surface area contributed by atoms with Gasteiger partial charge in [-0.25, -0.2) is 0 Å². The lowest BCUT2D eigenvalue weighted by Gasteiger charge is -2.41. The summed E-state index contributed by atoms with van der Waals surface area (Å²) in [6, 6.07) is -1.04. The van der Waals surface area contributed by atoms with Gasteiger partial charge in [-0.3, -0.25) is 9.59 Å². The first-order chi connectivity index (χ1) is 42.7. The van der Waals surface area contributed by atoms with Crippen LogP contribution in [-0.2, 0) is 23.8 Å². The highest BCUT2D eigenvalue weighted by atomic mass is 16.7. The average Bonchev–Trinajstić information content (AvgIpc) is 2.25. The lowest BCUT2D eigenvalue weighted by Crippen LogP contribution is -2.61. The van der Waals surface area contributed by atoms with Crippen LogP contribution >= 0.6 is 0 Å². The van der Waals surface area contributed by atoms with E-state index in [1.807, 2.05) is 6.08 Å². The molecule has 0 bridgehead atoms. The summed E-state index contributed by atoms with van der Waals surface area (Å²) in [6.07, 6.45) is 76.5. The van der Waals surface area contributed by atoms with E-state index in [0.29, 0.717) is 12.8 Å². The van der Waals surface area contributed by atoms with Gasteiger partial charge >= 0.3 is 5.97 Å². The van der Waals surface area contributed by atoms with Crippen molar-refractivity contribution in [3.8, 4) is 0 Å². The Morgan fingerprint density at radius 3 is 1.26 bits per heavy atom. The second-order valence-corrected chi connectivity index (χ2v) is 23.9. The molecule has 8 unspecified atom stereocenters. The first-order valence-electron chi connectivity index (χ1n) is 35.3. The highest BCUT2D eigenvalue weighted by Crippen LogP contribution is 2.26. The lowest BCUT2D eigenvalue weighted by molar-refractivity contribution is -0.305. The Bertz CT molecular complexity index is 1880. The number of hydrogen-bond donors (Lipinski definition) is 6. The maximum Gasteiger partial charge on any atom is 0.306 e. The number of carbonyl (C=O) groups excluding carboxylic acids is 2. The SMILES string of the molecule is CC/C=C\C/C=C\C/C=C\C/C=C\C/C=C\CCCCCCCCC(O)C(=O)NC(COC1OC(CO)C(O)C(O)C1OC(=O)CCCCCCCCC/C=C\C/C=C\C/C=C\C/C=C\CCCCC)C(O)/C=C/CCCCCCCCCCCCC. The van der Waals surface area contributed by atoms with Gasteiger partial charge in [-0.05, 0) is 116 Å². The number of amides is 1. The van der Waals surface area contributed by atoms with E-state index in [1.54, 1.807) is 6.08 Å². The minimum absolute atomic E-state index is 0.104. The molecule has 1 aliphatic rings. The number of hydrogen-bond acceptors (Lipinski definition) is 10. The second kappa shape index (κ2) is 62.3. The topological polar surface area (TPSA) is 175 Å². The zero-order chi connectivity index (χ0) is 63.1. The molecule has 8 atom stereocenters. The molecule has 1 amide bonds. The van der Waals surface area contributed by atoms with E-state index >= 15 is 0 Å². The van der Waals surface area contributed by atoms with Crippen molar-refractivity contribution in [1.29, 1.82) is 0 Å². The maximum atomic E-state index is 13.5. The molecule has 1 saturated heterocycles. The van der Waals surface area contributed by atoms with Crippen molar-refractivity contribution in [1.82, 2.24) is 5.32 Å². The Morgan fingerprint density at radius 1 is 0.460 bits per heavy atom. The molecule has 0 aromatic rings. The predicted octanol–water partition coefficient (Wildman–Crippen LogP) is 18.2. The molecule has 1 heterocycles. The standard InChI is InChI=1S/C76H129NO10/c1-4-7-10-13-16-19-22-25-27-29-31-33-35-37-39-41-43-46-49-52-55-58-61-64-71(81)87-74-73(83)72(82)70(65-78)86-76(74)85-66-67(68(79)62-59-56-53-50-47-44-24-21-18-15-12-9-6-3)77-75(84)69(80)63-60-57-54-51-48-45-42-40-38-36-34-32-30-28-26-23-20-17-14-11-8-5-2/h8,11,16-17,19-20,25-28,31-34,37-40,59,62,67-70,72-74,76,78-80,82-83H,4-7,9-10,12-15,18,21-24,29-30,35-36,41-58,60-61,63-66H2,1-3H3,(H,77,84)/b11-8-,19-16-,20-17-,27-25-,28-26-,33-31-,34-32-,39-37-,40-38-,62-59+. The first kappa shape index (κ1) is 81.1. The van der Waals surface area contributed by atoms with Crippen LogP contribution in [0.25, 0.3) is 0 Å². The quantitative estimate of drug-likeness (QED) is 0.0195. The van der Waals surface area contributed by atoms with Crippen molar-refractivity contribution in [2.24, 2.45) is 0 Å². The summed E-state index contributed by atoms with van der Waals surface area (Å²) in [6.45, 7) is 5.65. The van der Waals surface area contributed by atoms with Crippen molar-refractivity contribution < 1.29 is 49.3 Å². The minimum atomic E-state index is -1.63. The number of esters is 1. The summed E-state index contributed by atoms with van der Waals surface area (Å²) >= 11 is 0. The third-order valence-electron chi connectivity index (χ3n) is 15.8. The van der Waals surface area contributed by atoms with Gasteiger partial charge in [0.25, 0.3) is 0 Å². The summed E-state index contributed by atoms with van der Waals surface area (Å²) in [5.74, 6) is -1.22. The number of aliphatic hydroxyl groups is 5. The summed E-state index contributed by atoms with van der Waals surface area (Å²) in [5, 5.41) is 57.3. The molecule has 1 rings (SSSR count). The summed E-state index contributed by atoms with van der Waals surface area (Å²) < 4.78 is 17.7. The molecule has 11 heteroatoms. The molecule has 498 valence electrons. The predicted molar refractivity (Wildman–Crippen MR) is 365 cm³/mol. The van der Waals surface area contributed by atoms with Crippen molar-refractivity contribution >= 4 is 11.9 Å². The van der Waals surface area contributed by atoms with E-state index in [-0.39, 0.29) is 19.4 Å². The number of allylic oxidation sites excluding steroid dienone is 19. The molecule has 87 heavy (non-hydrogen) atoms. The molecule has 0 aromatic heterocycles. The molecular weight excluding hydrogens is 1090 g/mol. The van der Waals surface area contributed by atoms with Crippen LogP contribution in [-0.4, -0.2) is 99.6 Å². The van der Waals surface area contributed by atoms with Crippen molar-refractivity contribution in [3.05, 3.63) is 122 Å². The number of unbranched alkanes of at least 4 members (excludes halogenated alkanes) is 27. The Balaban J connectivity index is 2.63. The average molecular weight is 1220 g/mol. The van der Waals surface area contributed by atoms with Crippen molar-refractivity contribution in [2.75, 3.05) is 13.2 Å². The fraction of sp³-hybridized carbons (Fsp3) is 0.711. The summed E-state index contributed by atoms with van der Waals surface area (Å²) in [7, 11) is 0. The van der Waals surface area contributed by atoms with E-state index in [2.05, 4.69) is 135 Å². The van der Waals surface area contributed by atoms with Crippen LogP contribution in [0.2, 0.25) is 0 Å². The zero-order valence-electron chi connectivity index (χ0n) is 55.3. The molecule has 0 aromatic carbocycles. The summed E-state index contributed by atoms with van der Waals surface area (Å²) in [4.78, 5) is 26.7. The molecule has 6 N–H and O–H groups in total. The number of nitrogens with one attached hydrogen (secondary N) is 1. The molecule has 0 spiro atoms. The van der Waals surface area contributed by atoms with E-state index < -0.39 is 67.4 Å². The van der Waals surface area contributed by atoms with Crippen LogP contribution in [0.5, 0.6) is 0 Å². The second-order valence-electron chi connectivity index (χ2n) is 23.9. The van der Waals surface area contributed by atoms with Gasteiger partial charge in [0, 0.05) is 6.42 Å². The van der Waals surface area contributed by atoms with Gasteiger partial charge in [0.1, 0.15) is 24.4 Å². The molecule has 0 radical (unpaired) electrons. The monoisotopic (exact) mass is 1220 g/mol. The highest BCUT2D eigenvalue weighted by Gasteiger charge is 2.47. The number of rotatable bonds is 59. The molecule has 0 aliphatic carbocycles. The normalized spacial score (nSPS) is 19.0. The van der Waals surface area contributed by atoms with Gasteiger partial charge in [-0.1, -0.05) is 284 Å². The fourth-order valence-electron chi connectivity index (χ4n) is 10.3. The van der Waals surface area contributed by atoms with Crippen LogP contribution in [0.15, 0.2) is 122 Å². The fourth-order valence-corrected chi connectivity index (χ4v) is 10.3. The Morgan fingerprint density at radius 2 is 0.828 bits per heavy atom. The highest BCUT2D eigenvalue weighted by molar-refractivity contribution is 5.80. The van der Waals surface area contributed by atoms with Gasteiger partial charge < -0.3 is 45.1 Å². The first-order valence-corrected chi connectivity index (χ1v) is 35.3. The smallest absolute Gasteiger partial charge is 0.306 e. The Labute approximate surface area is 531 Å². The molecule has 11 nitrogen and oxygen atoms in total. The molecular formula is C76H129NO10. The molecule has 1 aliphatic heterocycles. The van der Waals surface area contributed by atoms with Crippen LogP contribution in [0.1, 0.15) is 284 Å². The van der Waals surface area contributed by atoms with Gasteiger partial charge in [-0.2, -0.15) is 0 Å². The van der Waals surface area contributed by atoms with Gasteiger partial charge in [0.15, 0.2) is 12.4 Å². The number of carbonyl (C=O) groups is 2. The van der Waals surface area contributed by atoms with Crippen LogP contribution in [0.4, 0.5) is 0 Å². The third-order valence-corrected chi connectivity index (χ3v) is 15.8. The van der Waals surface area contributed by atoms with Crippen LogP contribution in [0.3, 0.4) is 0 Å². The van der Waals surface area contributed by atoms with Crippen molar-refractivity contribution in [3.63, 3.8) is 0 Å². The number of ether oxygens (including phenoxy) is 3. The zero-order valence-corrected chi connectivity index (χ0v) is 55.3. The van der Waals surface area contributed by atoms with E-state index in [0.717, 1.165) is 154 Å². The summed E-state index contributed by atoms with van der Waals surface area (Å²) in [5.41, 5.74) is 0. The van der Waals surface area contributed by atoms with E-state index in [9.17, 15) is 35.1 Å².